The second kappa shape index (κ2) is 11.3. The molecule has 3 rings (SSSR count). The summed E-state index contributed by atoms with van der Waals surface area (Å²) in [5, 5.41) is 67.9. The number of nitro groups is 6. The van der Waals surface area contributed by atoms with E-state index in [-0.39, 0.29) is 0 Å². The van der Waals surface area contributed by atoms with Crippen LogP contribution in [-0.2, 0) is 0 Å². The van der Waals surface area contributed by atoms with E-state index in [1.54, 1.807) is 0 Å². The number of rotatable bonds is 10. The molecule has 0 unspecified atom stereocenters. The van der Waals surface area contributed by atoms with Gasteiger partial charge in [0.2, 0.25) is 0 Å². The Balaban J connectivity index is 2.07. The zero-order valence-corrected chi connectivity index (χ0v) is 19.5. The summed E-state index contributed by atoms with van der Waals surface area (Å²) >= 11 is 0. The molecule has 0 aliphatic heterocycles. The number of nitrogens with zero attached hydrogens (tertiary/aromatic N) is 6. The molecule has 18 heteroatoms. The summed E-state index contributed by atoms with van der Waals surface area (Å²) in [4.78, 5) is 61.8. The fourth-order valence-electron chi connectivity index (χ4n) is 3.50. The molecule has 0 atom stereocenters. The molecule has 3 aromatic carbocycles. The Morgan fingerprint density at radius 2 is 0.725 bits per heavy atom. The van der Waals surface area contributed by atoms with E-state index in [2.05, 4.69) is 0 Å². The minimum atomic E-state index is -1.01. The molecule has 3 aromatic rings. The molecule has 0 aromatic heterocycles. The third-order valence-corrected chi connectivity index (χ3v) is 5.25. The molecule has 0 radical (unpaired) electrons. The monoisotopic (exact) mass is 552 g/mol. The lowest BCUT2D eigenvalue weighted by molar-refractivity contribution is -0.403. The summed E-state index contributed by atoms with van der Waals surface area (Å²) in [5.41, 5.74) is -5.66. The van der Waals surface area contributed by atoms with Crippen molar-refractivity contribution in [3.05, 3.63) is 131 Å². The second-order valence-corrected chi connectivity index (χ2v) is 7.67. The van der Waals surface area contributed by atoms with Crippen molar-refractivity contribution in [1.29, 1.82) is 0 Å². The maximum absolute atomic E-state index is 11.5. The third-order valence-electron chi connectivity index (χ3n) is 5.25. The van der Waals surface area contributed by atoms with Crippen LogP contribution in [-0.4, -0.2) is 29.5 Å². The van der Waals surface area contributed by atoms with Crippen molar-refractivity contribution < 1.29 is 29.5 Å². The number of hydrogen-bond donors (Lipinski definition) is 0. The fraction of sp³-hybridized carbons (Fsp3) is 0. The Hall–Kier alpha value is -6.46. The Morgan fingerprint density at radius 3 is 0.975 bits per heavy atom. The van der Waals surface area contributed by atoms with Crippen LogP contribution in [0.3, 0.4) is 0 Å². The average molecular weight is 552 g/mol. The quantitative estimate of drug-likeness (QED) is 0.172. The van der Waals surface area contributed by atoms with Crippen molar-refractivity contribution in [3.63, 3.8) is 0 Å². The van der Waals surface area contributed by atoms with Gasteiger partial charge in [0.15, 0.2) is 0 Å². The molecular weight excluding hydrogens is 540 g/mol. The van der Waals surface area contributed by atoms with Gasteiger partial charge in [-0.3, -0.25) is 60.7 Å². The van der Waals surface area contributed by atoms with Gasteiger partial charge in [-0.25, -0.2) is 0 Å². The molecule has 0 amide bonds. The zero-order chi connectivity index (χ0) is 29.7. The van der Waals surface area contributed by atoms with Crippen LogP contribution in [0, 0.1) is 60.7 Å². The molecule has 202 valence electrons. The van der Waals surface area contributed by atoms with Gasteiger partial charge < -0.3 is 0 Å². The standard InChI is InChI=1S/C22H12N6O12/c29-23(30)15-9-19(25(33)34)17(20(10-15)26(35)36)6-4-13-2-1-3-14(8-13)5-7-18-21(27(37)38)11-16(24(31)32)12-22(18)28(39)40/h1-12H/b6-4+,7-5+. The molecule has 40 heavy (non-hydrogen) atoms. The summed E-state index contributed by atoms with van der Waals surface area (Å²) in [6, 6.07) is 8.16. The van der Waals surface area contributed by atoms with Crippen molar-refractivity contribution in [2.45, 2.75) is 0 Å². The topological polar surface area (TPSA) is 259 Å². The van der Waals surface area contributed by atoms with Gasteiger partial charge in [-0.1, -0.05) is 30.4 Å². The van der Waals surface area contributed by atoms with Crippen LogP contribution in [0.4, 0.5) is 34.1 Å². The van der Waals surface area contributed by atoms with E-state index in [0.717, 1.165) is 12.2 Å². The van der Waals surface area contributed by atoms with E-state index in [0.29, 0.717) is 35.4 Å². The van der Waals surface area contributed by atoms with Crippen molar-refractivity contribution in [2.24, 2.45) is 0 Å². The van der Waals surface area contributed by atoms with Crippen LogP contribution in [0.1, 0.15) is 22.3 Å². The van der Waals surface area contributed by atoms with Crippen LogP contribution in [0.15, 0.2) is 48.5 Å². The molecular formula is C22H12N6O12. The highest BCUT2D eigenvalue weighted by molar-refractivity contribution is 5.83. The molecule has 0 N–H and O–H groups in total. The molecule has 0 saturated carbocycles. The first-order chi connectivity index (χ1) is 18.8. The first-order valence-electron chi connectivity index (χ1n) is 10.5. The Morgan fingerprint density at radius 1 is 0.425 bits per heavy atom. The molecule has 0 saturated heterocycles. The molecule has 0 fully saturated rings. The van der Waals surface area contributed by atoms with Crippen molar-refractivity contribution in [1.82, 2.24) is 0 Å². The van der Waals surface area contributed by atoms with Crippen LogP contribution in [0.2, 0.25) is 0 Å². The van der Waals surface area contributed by atoms with E-state index in [1.807, 2.05) is 0 Å². The number of benzene rings is 3. The van der Waals surface area contributed by atoms with Gasteiger partial charge in [0.1, 0.15) is 11.1 Å². The summed E-state index contributed by atoms with van der Waals surface area (Å²) < 4.78 is 0. The van der Waals surface area contributed by atoms with Gasteiger partial charge in [-0.15, -0.1) is 0 Å². The van der Waals surface area contributed by atoms with Crippen LogP contribution in [0.5, 0.6) is 0 Å². The van der Waals surface area contributed by atoms with E-state index >= 15 is 0 Å². The smallest absolute Gasteiger partial charge is 0.258 e. The Kier molecular flexibility index (Phi) is 7.94. The van der Waals surface area contributed by atoms with Crippen molar-refractivity contribution in [3.8, 4) is 0 Å². The molecule has 0 aliphatic rings. The summed E-state index contributed by atoms with van der Waals surface area (Å²) in [7, 11) is 0. The minimum Gasteiger partial charge on any atom is -0.258 e. The minimum absolute atomic E-state index is 0.303. The number of hydrogen-bond acceptors (Lipinski definition) is 12. The maximum atomic E-state index is 11.5. The number of non-ortho nitro benzene ring substituents is 2. The van der Waals surface area contributed by atoms with Gasteiger partial charge in [0.05, 0.1) is 53.8 Å². The molecule has 0 heterocycles. The first-order valence-corrected chi connectivity index (χ1v) is 10.5. The highest BCUT2D eigenvalue weighted by atomic mass is 16.6. The largest absolute Gasteiger partial charge is 0.290 e. The SMILES string of the molecule is O=[N+]([O-])c1cc([N+](=O)[O-])c(/C=C/c2cccc(/C=C/c3c([N+](=O)[O-])cc([N+](=O)[O-])cc3[N+](=O)[O-])c2)c([N+](=O)[O-])c1. The lowest BCUT2D eigenvalue weighted by Gasteiger charge is -2.02. The normalized spacial score (nSPS) is 11.0. The second-order valence-electron chi connectivity index (χ2n) is 7.67. The average Bonchev–Trinajstić information content (AvgIpc) is 2.89. The molecule has 18 nitrogen and oxygen atoms in total. The van der Waals surface area contributed by atoms with Gasteiger partial charge in [-0.05, 0) is 29.3 Å². The predicted molar refractivity (Wildman–Crippen MR) is 137 cm³/mol. The van der Waals surface area contributed by atoms with Crippen molar-refractivity contribution in [2.75, 3.05) is 0 Å². The lowest BCUT2D eigenvalue weighted by Crippen LogP contribution is -2.00. The first kappa shape index (κ1) is 28.1. The summed E-state index contributed by atoms with van der Waals surface area (Å²) in [6.07, 6.45) is 4.48. The third kappa shape index (κ3) is 6.08. The van der Waals surface area contributed by atoms with E-state index < -0.39 is 74.8 Å². The van der Waals surface area contributed by atoms with Crippen molar-refractivity contribution >= 4 is 58.4 Å². The molecule has 0 bridgehead atoms. The van der Waals surface area contributed by atoms with E-state index in [4.69, 9.17) is 0 Å². The van der Waals surface area contributed by atoms with Crippen LogP contribution in [0.25, 0.3) is 24.3 Å². The summed E-state index contributed by atoms with van der Waals surface area (Å²) in [6.45, 7) is 0. The van der Waals surface area contributed by atoms with Gasteiger partial charge in [0.25, 0.3) is 34.1 Å². The highest BCUT2D eigenvalue weighted by Gasteiger charge is 2.30. The zero-order valence-electron chi connectivity index (χ0n) is 19.5. The lowest BCUT2D eigenvalue weighted by atomic mass is 10.0. The Bertz CT molecular complexity index is 1490. The van der Waals surface area contributed by atoms with E-state index in [1.165, 1.54) is 36.4 Å². The predicted octanol–water partition coefficient (Wildman–Crippen LogP) is 5.48. The molecule has 0 spiro atoms. The van der Waals surface area contributed by atoms with Crippen LogP contribution >= 0.6 is 0 Å². The Labute approximate surface area is 220 Å². The van der Waals surface area contributed by atoms with Gasteiger partial charge >= 0.3 is 0 Å². The van der Waals surface area contributed by atoms with Gasteiger partial charge in [0, 0.05) is 0 Å². The van der Waals surface area contributed by atoms with E-state index in [9.17, 15) is 60.7 Å². The summed E-state index contributed by atoms with van der Waals surface area (Å²) in [5.74, 6) is 0. The fourth-order valence-corrected chi connectivity index (χ4v) is 3.50. The highest BCUT2D eigenvalue weighted by Crippen LogP contribution is 2.36. The van der Waals surface area contributed by atoms with Gasteiger partial charge in [-0.2, -0.15) is 0 Å². The molecule has 0 aliphatic carbocycles. The maximum Gasteiger partial charge on any atom is 0.290 e. The van der Waals surface area contributed by atoms with Crippen LogP contribution < -0.4 is 0 Å². The number of nitro benzene ring substituents is 6.